The molecule has 6 heteroatoms. The van der Waals surface area contributed by atoms with E-state index in [0.717, 1.165) is 35.1 Å². The Kier molecular flexibility index (Phi) is 7.55. The van der Waals surface area contributed by atoms with Crippen LogP contribution in [0.15, 0.2) is 84.1 Å². The fourth-order valence-corrected chi connectivity index (χ4v) is 6.35. The summed E-state index contributed by atoms with van der Waals surface area (Å²) in [5.74, 6) is 1.14. The fourth-order valence-electron chi connectivity index (χ4n) is 4.96. The number of nitrogens with zero attached hydrogens (tertiary/aromatic N) is 1. The number of benzene rings is 2. The summed E-state index contributed by atoms with van der Waals surface area (Å²) >= 11 is 0. The number of para-hydroxylation sites is 1. The third-order valence-electron chi connectivity index (χ3n) is 6.90. The Bertz CT molecular complexity index is 1400. The van der Waals surface area contributed by atoms with Gasteiger partial charge in [-0.05, 0) is 62.3 Å². The maximum Gasteiger partial charge on any atom is 0.268 e. The van der Waals surface area contributed by atoms with Gasteiger partial charge in [-0.25, -0.2) is 12.4 Å². The molecule has 3 aromatic rings. The highest BCUT2D eigenvalue weighted by Crippen LogP contribution is 2.41. The molecule has 0 radical (unpaired) electrons. The van der Waals surface area contributed by atoms with Crippen LogP contribution in [-0.2, 0) is 26.0 Å². The summed E-state index contributed by atoms with van der Waals surface area (Å²) in [6.07, 6.45) is 8.35. The van der Waals surface area contributed by atoms with Gasteiger partial charge in [0.25, 0.3) is 10.0 Å². The number of ether oxygens (including phenoxy) is 1. The number of fused-ring (bicyclic) bond motifs is 1. The van der Waals surface area contributed by atoms with E-state index in [9.17, 15) is 13.2 Å². The van der Waals surface area contributed by atoms with Crippen molar-refractivity contribution >= 4 is 26.7 Å². The van der Waals surface area contributed by atoms with Crippen molar-refractivity contribution in [2.45, 2.75) is 57.8 Å². The van der Waals surface area contributed by atoms with Crippen LogP contribution < -0.4 is 0 Å². The minimum absolute atomic E-state index is 0.0249. The van der Waals surface area contributed by atoms with Gasteiger partial charge < -0.3 is 4.74 Å². The number of aromatic nitrogens is 1. The monoisotopic (exact) mass is 505 g/mol. The topological polar surface area (TPSA) is 65.4 Å². The van der Waals surface area contributed by atoms with E-state index in [4.69, 9.17) is 4.74 Å². The van der Waals surface area contributed by atoms with E-state index < -0.39 is 15.4 Å². The van der Waals surface area contributed by atoms with E-state index in [1.807, 2.05) is 31.2 Å². The summed E-state index contributed by atoms with van der Waals surface area (Å²) in [5, 5.41) is 0.842. The summed E-state index contributed by atoms with van der Waals surface area (Å²) in [6, 6.07) is 14.4. The van der Waals surface area contributed by atoms with Crippen LogP contribution in [0.2, 0.25) is 0 Å². The second-order valence-electron chi connectivity index (χ2n) is 10.3. The maximum atomic E-state index is 13.6. The van der Waals surface area contributed by atoms with Gasteiger partial charge >= 0.3 is 0 Å². The van der Waals surface area contributed by atoms with Gasteiger partial charge in [-0.3, -0.25) is 4.79 Å². The number of carbonyl (C=O) groups excluding carboxylic acids is 1. The van der Waals surface area contributed by atoms with E-state index in [1.165, 1.54) is 3.97 Å². The molecule has 0 aliphatic heterocycles. The van der Waals surface area contributed by atoms with Gasteiger partial charge in [0.2, 0.25) is 0 Å². The zero-order valence-electron chi connectivity index (χ0n) is 21.4. The lowest BCUT2D eigenvalue weighted by atomic mass is 9.72. The Morgan fingerprint density at radius 1 is 1.14 bits per heavy atom. The molecule has 0 saturated heterocycles. The van der Waals surface area contributed by atoms with Crippen LogP contribution in [-0.4, -0.2) is 24.8 Å². The van der Waals surface area contributed by atoms with Gasteiger partial charge in [0.1, 0.15) is 0 Å². The summed E-state index contributed by atoms with van der Waals surface area (Å²) < 4.78 is 34.5. The first-order valence-electron chi connectivity index (χ1n) is 12.6. The number of aryl methyl sites for hydroxylation is 1. The minimum Gasteiger partial charge on any atom is -0.498 e. The highest BCUT2D eigenvalue weighted by molar-refractivity contribution is 7.90. The Labute approximate surface area is 214 Å². The van der Waals surface area contributed by atoms with E-state index >= 15 is 0 Å². The highest BCUT2D eigenvalue weighted by Gasteiger charge is 2.38. The van der Waals surface area contributed by atoms with Gasteiger partial charge in [-0.2, -0.15) is 0 Å². The fraction of sp³-hybridized carbons (Fsp3) is 0.367. The largest absolute Gasteiger partial charge is 0.498 e. The third-order valence-corrected chi connectivity index (χ3v) is 8.59. The number of hydrogen-bond acceptors (Lipinski definition) is 4. The first-order valence-corrected chi connectivity index (χ1v) is 14.0. The number of ketones is 1. The lowest BCUT2D eigenvalue weighted by Crippen LogP contribution is -2.31. The molecule has 1 aromatic heterocycles. The van der Waals surface area contributed by atoms with E-state index in [2.05, 4.69) is 20.4 Å². The lowest BCUT2D eigenvalue weighted by molar-refractivity contribution is -0.124. The van der Waals surface area contributed by atoms with Crippen LogP contribution in [0, 0.1) is 18.3 Å². The zero-order chi connectivity index (χ0) is 25.9. The van der Waals surface area contributed by atoms with Crippen LogP contribution >= 0.6 is 0 Å². The standard InChI is InChI=1S/C30H35NO4S/c1-5-16-30(17-8-9-25(18-29(30)32)35-21-22(2)3)19-24-20-31(28-11-7-6-10-27(24)28)36(33,34)26-14-12-23(4)13-15-26/h5-7,10-15,18,20,22H,1,8-9,16-17,19,21H2,2-4H3/t30-/m1/s1. The molecular formula is C30H35NO4S. The SMILES string of the molecule is C=CC[C@]1(Cc2cn(S(=O)(=O)c3ccc(C)cc3)c3ccccc23)CCCC(OCC(C)C)=CC1=O. The molecule has 4 rings (SSSR count). The second kappa shape index (κ2) is 10.5. The first-order chi connectivity index (χ1) is 17.2. The third kappa shape index (κ3) is 5.19. The molecule has 190 valence electrons. The molecule has 2 aromatic carbocycles. The number of hydrogen-bond donors (Lipinski definition) is 0. The molecule has 0 N–H and O–H groups in total. The molecule has 36 heavy (non-hydrogen) atoms. The normalized spacial score (nSPS) is 18.8. The van der Waals surface area contributed by atoms with Crippen molar-refractivity contribution in [1.82, 2.24) is 3.97 Å². The molecule has 1 aliphatic rings. The first kappa shape index (κ1) is 26.0. The smallest absolute Gasteiger partial charge is 0.268 e. The van der Waals surface area contributed by atoms with Gasteiger partial charge in [0.05, 0.1) is 22.8 Å². The Morgan fingerprint density at radius 2 is 1.86 bits per heavy atom. The van der Waals surface area contributed by atoms with Crippen LogP contribution in [0.5, 0.6) is 0 Å². The Hall–Kier alpha value is -3.12. The average Bonchev–Trinajstić information content (AvgIpc) is 3.13. The average molecular weight is 506 g/mol. The van der Waals surface area contributed by atoms with Crippen molar-refractivity contribution in [1.29, 1.82) is 0 Å². The van der Waals surface area contributed by atoms with E-state index in [-0.39, 0.29) is 10.7 Å². The summed E-state index contributed by atoms with van der Waals surface area (Å²) in [7, 11) is -3.80. The minimum atomic E-state index is -3.80. The molecule has 0 saturated carbocycles. The zero-order valence-corrected chi connectivity index (χ0v) is 22.2. The predicted octanol–water partition coefficient (Wildman–Crippen LogP) is 6.60. The van der Waals surface area contributed by atoms with Crippen molar-refractivity contribution in [2.24, 2.45) is 11.3 Å². The quantitative estimate of drug-likeness (QED) is 0.307. The van der Waals surface area contributed by atoms with Crippen LogP contribution in [0.3, 0.4) is 0 Å². The highest BCUT2D eigenvalue weighted by atomic mass is 32.2. The maximum absolute atomic E-state index is 13.6. The molecule has 0 unspecified atom stereocenters. The van der Waals surface area contributed by atoms with Crippen molar-refractivity contribution < 1.29 is 17.9 Å². The molecular weight excluding hydrogens is 470 g/mol. The Balaban J connectivity index is 1.76. The molecule has 0 bridgehead atoms. The van der Waals surface area contributed by atoms with Gasteiger partial charge in [0, 0.05) is 29.5 Å². The molecule has 1 atom stereocenters. The van der Waals surface area contributed by atoms with Crippen molar-refractivity contribution in [2.75, 3.05) is 6.61 Å². The number of carbonyl (C=O) groups is 1. The van der Waals surface area contributed by atoms with Crippen LogP contribution in [0.4, 0.5) is 0 Å². The predicted molar refractivity (Wildman–Crippen MR) is 144 cm³/mol. The molecule has 0 spiro atoms. The van der Waals surface area contributed by atoms with Crippen LogP contribution in [0.1, 0.15) is 50.7 Å². The van der Waals surface area contributed by atoms with Gasteiger partial charge in [0.15, 0.2) is 5.78 Å². The summed E-state index contributed by atoms with van der Waals surface area (Å²) in [5.41, 5.74) is 1.76. The number of allylic oxidation sites excluding steroid dienone is 3. The lowest BCUT2D eigenvalue weighted by Gasteiger charge is -2.29. The van der Waals surface area contributed by atoms with Crippen molar-refractivity contribution in [3.8, 4) is 0 Å². The molecule has 5 nitrogen and oxygen atoms in total. The molecule has 1 aliphatic carbocycles. The molecule has 0 fully saturated rings. The van der Waals surface area contributed by atoms with Gasteiger partial charge in [-0.15, -0.1) is 6.58 Å². The summed E-state index contributed by atoms with van der Waals surface area (Å²) in [4.78, 5) is 13.9. The molecule has 1 heterocycles. The Morgan fingerprint density at radius 3 is 2.56 bits per heavy atom. The summed E-state index contributed by atoms with van der Waals surface area (Å²) in [6.45, 7) is 10.6. The van der Waals surface area contributed by atoms with Crippen molar-refractivity contribution in [3.63, 3.8) is 0 Å². The van der Waals surface area contributed by atoms with Crippen molar-refractivity contribution in [3.05, 3.63) is 90.3 Å². The van der Waals surface area contributed by atoms with E-state index in [1.54, 1.807) is 42.6 Å². The van der Waals surface area contributed by atoms with Crippen LogP contribution in [0.25, 0.3) is 10.9 Å². The second-order valence-corrected chi connectivity index (χ2v) is 12.1. The number of rotatable bonds is 9. The molecule has 0 amide bonds. The van der Waals surface area contributed by atoms with E-state index in [0.29, 0.717) is 37.3 Å². The van der Waals surface area contributed by atoms with Gasteiger partial charge in [-0.1, -0.05) is 55.8 Å².